The molecule has 0 radical (unpaired) electrons. The molecule has 26 heavy (non-hydrogen) atoms. The van der Waals surface area contributed by atoms with Gasteiger partial charge in [0.2, 0.25) is 5.91 Å². The highest BCUT2D eigenvalue weighted by Gasteiger charge is 2.33. The van der Waals surface area contributed by atoms with Crippen LogP contribution in [0.1, 0.15) is 18.9 Å². The van der Waals surface area contributed by atoms with E-state index in [0.717, 1.165) is 5.56 Å². The smallest absolute Gasteiger partial charge is 0.276 e. The number of ether oxygens (including phenoxy) is 2. The number of hydrogen-bond acceptors (Lipinski definition) is 6. The maximum atomic E-state index is 11.9. The Hall–Kier alpha value is -2.55. The summed E-state index contributed by atoms with van der Waals surface area (Å²) in [5, 5.41) is 0. The minimum Gasteiger partial charge on any atom is -0.493 e. The number of amides is 2. The molecule has 1 aromatic carbocycles. The average Bonchev–Trinajstić information content (AvgIpc) is 2.98. The molecule has 0 unspecified atom stereocenters. The fraction of sp³-hybridized carbons (Fsp3) is 0.412. The summed E-state index contributed by atoms with van der Waals surface area (Å²) in [5.74, 6) is -1.06. The number of benzene rings is 1. The van der Waals surface area contributed by atoms with Crippen LogP contribution < -0.4 is 20.3 Å². The lowest BCUT2D eigenvalue weighted by molar-refractivity contribution is -0.131. The van der Waals surface area contributed by atoms with Gasteiger partial charge in [-0.15, -0.1) is 0 Å². The first-order chi connectivity index (χ1) is 12.3. The van der Waals surface area contributed by atoms with E-state index in [0.29, 0.717) is 11.5 Å². The molecule has 1 heterocycles. The SMILES string of the molecule is C/C=C/c1ccc(OCC(=O)NNC(=O)[C@H]2CCS(=O)(=O)C2)c(OC)c1. The number of methoxy groups -OCH3 is 1. The van der Waals surface area contributed by atoms with Crippen LogP contribution in [0.25, 0.3) is 6.08 Å². The molecule has 1 atom stereocenters. The quantitative estimate of drug-likeness (QED) is 0.701. The number of carbonyl (C=O) groups excluding carboxylic acids is 2. The Bertz CT molecular complexity index is 803. The first-order valence-electron chi connectivity index (χ1n) is 8.07. The minimum absolute atomic E-state index is 0.00878. The maximum Gasteiger partial charge on any atom is 0.276 e. The summed E-state index contributed by atoms with van der Waals surface area (Å²) >= 11 is 0. The van der Waals surface area contributed by atoms with E-state index in [4.69, 9.17) is 9.47 Å². The van der Waals surface area contributed by atoms with Gasteiger partial charge in [0.25, 0.3) is 5.91 Å². The van der Waals surface area contributed by atoms with Crippen LogP contribution in [0.5, 0.6) is 11.5 Å². The molecule has 2 rings (SSSR count). The normalized spacial score (nSPS) is 18.5. The maximum absolute atomic E-state index is 11.9. The number of rotatable bonds is 6. The zero-order valence-electron chi connectivity index (χ0n) is 14.7. The second-order valence-electron chi connectivity index (χ2n) is 5.84. The van der Waals surface area contributed by atoms with E-state index in [-0.39, 0.29) is 24.5 Å². The standard InChI is InChI=1S/C17H22N2O6S/c1-3-4-12-5-6-14(15(9-12)24-2)25-10-16(20)18-19-17(21)13-7-8-26(22,23)11-13/h3-6,9,13H,7-8,10-11H2,1-2H3,(H,18,20)(H,19,21)/b4-3+/t13-/m0/s1. The highest BCUT2D eigenvalue weighted by atomic mass is 32.2. The van der Waals surface area contributed by atoms with Crippen LogP contribution in [0.2, 0.25) is 0 Å². The van der Waals surface area contributed by atoms with Crippen LogP contribution in [0, 0.1) is 5.92 Å². The molecule has 142 valence electrons. The minimum atomic E-state index is -3.16. The summed E-state index contributed by atoms with van der Waals surface area (Å²) in [6.45, 7) is 1.57. The highest BCUT2D eigenvalue weighted by Crippen LogP contribution is 2.28. The Labute approximate surface area is 152 Å². The van der Waals surface area contributed by atoms with Crippen molar-refractivity contribution in [3.63, 3.8) is 0 Å². The lowest BCUT2D eigenvalue weighted by atomic mass is 10.1. The topological polar surface area (TPSA) is 111 Å². The Balaban J connectivity index is 1.82. The molecule has 1 fully saturated rings. The monoisotopic (exact) mass is 382 g/mol. The van der Waals surface area contributed by atoms with E-state index >= 15 is 0 Å². The molecule has 8 nitrogen and oxygen atoms in total. The van der Waals surface area contributed by atoms with Gasteiger partial charge < -0.3 is 9.47 Å². The Morgan fingerprint density at radius 2 is 2.04 bits per heavy atom. The fourth-order valence-corrected chi connectivity index (χ4v) is 4.26. The first-order valence-corrected chi connectivity index (χ1v) is 9.89. The van der Waals surface area contributed by atoms with E-state index in [1.807, 2.05) is 25.1 Å². The lowest BCUT2D eigenvalue weighted by Crippen LogP contribution is -2.46. The van der Waals surface area contributed by atoms with Crippen molar-refractivity contribution in [3.05, 3.63) is 29.8 Å². The van der Waals surface area contributed by atoms with Crippen molar-refractivity contribution < 1.29 is 27.5 Å². The summed E-state index contributed by atoms with van der Waals surface area (Å²) < 4.78 is 33.4. The van der Waals surface area contributed by atoms with Crippen molar-refractivity contribution in [2.75, 3.05) is 25.2 Å². The van der Waals surface area contributed by atoms with Crippen molar-refractivity contribution in [1.29, 1.82) is 0 Å². The number of hydrogen-bond donors (Lipinski definition) is 2. The van der Waals surface area contributed by atoms with Gasteiger partial charge in [0.1, 0.15) is 0 Å². The summed E-state index contributed by atoms with van der Waals surface area (Å²) in [6, 6.07) is 5.27. The molecule has 0 aromatic heterocycles. The van der Waals surface area contributed by atoms with Crippen LogP contribution in [-0.2, 0) is 19.4 Å². The number of allylic oxidation sites excluding steroid dienone is 1. The van der Waals surface area contributed by atoms with Crippen LogP contribution in [0.3, 0.4) is 0 Å². The third-order valence-corrected chi connectivity index (χ3v) is 5.60. The number of nitrogens with one attached hydrogen (secondary N) is 2. The molecule has 1 saturated heterocycles. The predicted octanol–water partition coefficient (Wildman–Crippen LogP) is 0.689. The predicted molar refractivity (Wildman–Crippen MR) is 96.2 cm³/mol. The van der Waals surface area contributed by atoms with E-state index in [9.17, 15) is 18.0 Å². The average molecular weight is 382 g/mol. The zero-order valence-corrected chi connectivity index (χ0v) is 15.5. The molecule has 9 heteroatoms. The van der Waals surface area contributed by atoms with Crippen LogP contribution in [0.4, 0.5) is 0 Å². The fourth-order valence-electron chi connectivity index (χ4n) is 2.51. The second kappa shape index (κ2) is 8.70. The van der Waals surface area contributed by atoms with Gasteiger partial charge in [0, 0.05) is 0 Å². The van der Waals surface area contributed by atoms with E-state index in [1.54, 1.807) is 12.1 Å². The molecule has 0 spiro atoms. The van der Waals surface area contributed by atoms with Crippen molar-refractivity contribution in [1.82, 2.24) is 10.9 Å². The summed E-state index contributed by atoms with van der Waals surface area (Å²) in [4.78, 5) is 23.7. The van der Waals surface area contributed by atoms with Crippen LogP contribution in [-0.4, -0.2) is 45.5 Å². The number of hydrazine groups is 1. The Kier molecular flexibility index (Phi) is 6.62. The van der Waals surface area contributed by atoms with E-state index in [2.05, 4.69) is 10.9 Å². The van der Waals surface area contributed by atoms with Gasteiger partial charge in [0.15, 0.2) is 27.9 Å². The molecule has 0 bridgehead atoms. The molecular formula is C17H22N2O6S. The van der Waals surface area contributed by atoms with Crippen molar-refractivity contribution >= 4 is 27.7 Å². The molecule has 2 N–H and O–H groups in total. The van der Waals surface area contributed by atoms with Crippen molar-refractivity contribution in [2.24, 2.45) is 5.92 Å². The molecular weight excluding hydrogens is 360 g/mol. The van der Waals surface area contributed by atoms with Crippen molar-refractivity contribution in [2.45, 2.75) is 13.3 Å². The van der Waals surface area contributed by atoms with Crippen LogP contribution in [0.15, 0.2) is 24.3 Å². The van der Waals surface area contributed by atoms with E-state index in [1.165, 1.54) is 7.11 Å². The lowest BCUT2D eigenvalue weighted by Gasteiger charge is -2.13. The molecule has 0 saturated carbocycles. The van der Waals surface area contributed by atoms with Gasteiger partial charge in [-0.2, -0.15) is 0 Å². The number of carbonyl (C=O) groups is 2. The third kappa shape index (κ3) is 5.48. The van der Waals surface area contributed by atoms with Crippen molar-refractivity contribution in [3.8, 4) is 11.5 Å². The summed E-state index contributed by atoms with van der Waals surface area (Å²) in [5.41, 5.74) is 5.38. The third-order valence-electron chi connectivity index (χ3n) is 3.83. The van der Waals surface area contributed by atoms with Gasteiger partial charge in [-0.25, -0.2) is 8.42 Å². The first kappa shape index (κ1) is 19.8. The zero-order chi connectivity index (χ0) is 19.2. The van der Waals surface area contributed by atoms with Gasteiger partial charge in [-0.1, -0.05) is 18.2 Å². The molecule has 2 amide bonds. The second-order valence-corrected chi connectivity index (χ2v) is 8.07. The van der Waals surface area contributed by atoms with Gasteiger partial charge >= 0.3 is 0 Å². The summed E-state index contributed by atoms with van der Waals surface area (Å²) in [7, 11) is -1.66. The number of sulfone groups is 1. The van der Waals surface area contributed by atoms with Gasteiger partial charge in [0.05, 0.1) is 24.5 Å². The van der Waals surface area contributed by atoms with E-state index < -0.39 is 27.6 Å². The molecule has 1 aromatic rings. The largest absolute Gasteiger partial charge is 0.493 e. The Morgan fingerprint density at radius 3 is 2.65 bits per heavy atom. The Morgan fingerprint density at radius 1 is 1.27 bits per heavy atom. The van der Waals surface area contributed by atoms with Crippen LogP contribution >= 0.6 is 0 Å². The molecule has 0 aliphatic carbocycles. The van der Waals surface area contributed by atoms with Gasteiger partial charge in [-0.05, 0) is 31.0 Å². The molecule has 1 aliphatic heterocycles. The summed E-state index contributed by atoms with van der Waals surface area (Å²) in [6.07, 6.45) is 4.05. The molecule has 1 aliphatic rings. The van der Waals surface area contributed by atoms with Gasteiger partial charge in [-0.3, -0.25) is 20.4 Å². The highest BCUT2D eigenvalue weighted by molar-refractivity contribution is 7.91.